The Hall–Kier alpha value is -2.89. The molecule has 0 aliphatic rings. The Morgan fingerprint density at radius 1 is 1.15 bits per heavy atom. The van der Waals surface area contributed by atoms with Gasteiger partial charge in [0.25, 0.3) is 5.91 Å². The number of rotatable bonds is 8. The van der Waals surface area contributed by atoms with E-state index in [-0.39, 0.29) is 18.2 Å². The number of benzene rings is 1. The molecule has 0 radical (unpaired) electrons. The van der Waals surface area contributed by atoms with Crippen molar-refractivity contribution in [3.63, 3.8) is 0 Å². The molecule has 2 aromatic rings. The van der Waals surface area contributed by atoms with Gasteiger partial charge in [-0.2, -0.15) is 0 Å². The summed E-state index contributed by atoms with van der Waals surface area (Å²) >= 11 is 0. The SMILES string of the molecule is CCOC(=O)c1ccccc1NC(=O)c1ccc(NCCC(C)C)cn1. The molecule has 6 nitrogen and oxygen atoms in total. The number of aromatic nitrogens is 1. The van der Waals surface area contributed by atoms with E-state index in [4.69, 9.17) is 4.74 Å². The van der Waals surface area contributed by atoms with E-state index in [0.29, 0.717) is 17.2 Å². The lowest BCUT2D eigenvalue weighted by Gasteiger charge is -2.11. The van der Waals surface area contributed by atoms with Crippen LogP contribution in [0.3, 0.4) is 0 Å². The number of carbonyl (C=O) groups is 2. The van der Waals surface area contributed by atoms with E-state index in [1.165, 1.54) is 0 Å². The normalized spacial score (nSPS) is 10.5. The number of ether oxygens (including phenoxy) is 1. The van der Waals surface area contributed by atoms with Gasteiger partial charge in [-0.15, -0.1) is 0 Å². The number of pyridine rings is 1. The summed E-state index contributed by atoms with van der Waals surface area (Å²) in [5, 5.41) is 6.00. The molecule has 0 saturated carbocycles. The van der Waals surface area contributed by atoms with Crippen molar-refractivity contribution in [1.82, 2.24) is 4.98 Å². The molecule has 0 aliphatic carbocycles. The van der Waals surface area contributed by atoms with Crippen molar-refractivity contribution in [2.75, 3.05) is 23.8 Å². The van der Waals surface area contributed by atoms with Gasteiger partial charge in [0.2, 0.25) is 0 Å². The Bertz CT molecular complexity index is 742. The van der Waals surface area contributed by atoms with Crippen LogP contribution in [-0.4, -0.2) is 30.0 Å². The zero-order valence-corrected chi connectivity index (χ0v) is 15.4. The van der Waals surface area contributed by atoms with Crippen LogP contribution in [0, 0.1) is 5.92 Å². The topological polar surface area (TPSA) is 80.3 Å². The quantitative estimate of drug-likeness (QED) is 0.700. The van der Waals surface area contributed by atoms with Crippen molar-refractivity contribution in [2.24, 2.45) is 5.92 Å². The molecule has 0 spiro atoms. The predicted octanol–water partition coefficient (Wildman–Crippen LogP) is 3.97. The van der Waals surface area contributed by atoms with Crippen LogP contribution in [0.15, 0.2) is 42.6 Å². The summed E-state index contributed by atoms with van der Waals surface area (Å²) in [5.41, 5.74) is 1.86. The maximum Gasteiger partial charge on any atom is 0.340 e. The highest BCUT2D eigenvalue weighted by Gasteiger charge is 2.15. The van der Waals surface area contributed by atoms with E-state index < -0.39 is 5.97 Å². The van der Waals surface area contributed by atoms with Gasteiger partial charge in [0.05, 0.1) is 29.7 Å². The number of hydrogen-bond donors (Lipinski definition) is 2. The van der Waals surface area contributed by atoms with Crippen molar-refractivity contribution in [1.29, 1.82) is 0 Å². The van der Waals surface area contributed by atoms with Gasteiger partial charge >= 0.3 is 5.97 Å². The Kier molecular flexibility index (Phi) is 7.14. The average Bonchev–Trinajstić information content (AvgIpc) is 2.62. The number of nitrogens with zero attached hydrogens (tertiary/aromatic N) is 1. The third kappa shape index (κ3) is 5.58. The second kappa shape index (κ2) is 9.56. The number of anilines is 2. The Morgan fingerprint density at radius 3 is 2.58 bits per heavy atom. The fourth-order valence-electron chi connectivity index (χ4n) is 2.30. The molecule has 0 atom stereocenters. The van der Waals surface area contributed by atoms with Crippen LogP contribution >= 0.6 is 0 Å². The highest BCUT2D eigenvalue weighted by atomic mass is 16.5. The number of nitrogens with one attached hydrogen (secondary N) is 2. The maximum atomic E-state index is 12.4. The minimum absolute atomic E-state index is 0.272. The van der Waals surface area contributed by atoms with Crippen LogP contribution in [0.5, 0.6) is 0 Å². The molecule has 1 amide bonds. The molecule has 2 N–H and O–H groups in total. The summed E-state index contributed by atoms with van der Waals surface area (Å²) in [6.07, 6.45) is 2.69. The van der Waals surface area contributed by atoms with Gasteiger partial charge in [-0.3, -0.25) is 4.79 Å². The summed E-state index contributed by atoms with van der Waals surface area (Å²) in [5.74, 6) is -0.225. The van der Waals surface area contributed by atoms with E-state index in [0.717, 1.165) is 18.7 Å². The van der Waals surface area contributed by atoms with E-state index in [1.54, 1.807) is 43.5 Å². The first-order valence-electron chi connectivity index (χ1n) is 8.78. The van der Waals surface area contributed by atoms with E-state index >= 15 is 0 Å². The molecule has 138 valence electrons. The van der Waals surface area contributed by atoms with Crippen LogP contribution in [0.4, 0.5) is 11.4 Å². The second-order valence-electron chi connectivity index (χ2n) is 6.26. The Labute approximate surface area is 154 Å². The minimum atomic E-state index is -0.471. The first kappa shape index (κ1) is 19.4. The van der Waals surface area contributed by atoms with E-state index in [2.05, 4.69) is 29.5 Å². The van der Waals surface area contributed by atoms with E-state index in [9.17, 15) is 9.59 Å². The van der Waals surface area contributed by atoms with Gasteiger partial charge in [0.15, 0.2) is 0 Å². The van der Waals surface area contributed by atoms with Crippen molar-refractivity contribution in [2.45, 2.75) is 27.2 Å². The molecule has 0 fully saturated rings. The molecule has 0 saturated heterocycles. The zero-order chi connectivity index (χ0) is 18.9. The summed E-state index contributed by atoms with van der Waals surface area (Å²) in [6.45, 7) is 7.20. The fraction of sp³-hybridized carbons (Fsp3) is 0.350. The lowest BCUT2D eigenvalue weighted by molar-refractivity contribution is 0.0527. The second-order valence-corrected chi connectivity index (χ2v) is 6.26. The first-order chi connectivity index (χ1) is 12.5. The summed E-state index contributed by atoms with van der Waals surface area (Å²) in [7, 11) is 0. The summed E-state index contributed by atoms with van der Waals surface area (Å²) in [6, 6.07) is 10.2. The lowest BCUT2D eigenvalue weighted by Crippen LogP contribution is -2.17. The number of amides is 1. The number of hydrogen-bond acceptors (Lipinski definition) is 5. The van der Waals surface area contributed by atoms with Crippen LogP contribution < -0.4 is 10.6 Å². The molecule has 6 heteroatoms. The molecule has 1 heterocycles. The molecular weight excluding hydrogens is 330 g/mol. The van der Waals surface area contributed by atoms with Gasteiger partial charge in [-0.25, -0.2) is 9.78 Å². The van der Waals surface area contributed by atoms with Gasteiger partial charge in [-0.05, 0) is 43.5 Å². The monoisotopic (exact) mass is 355 g/mol. The number of esters is 1. The minimum Gasteiger partial charge on any atom is -0.462 e. The Morgan fingerprint density at radius 2 is 1.92 bits per heavy atom. The number of para-hydroxylation sites is 1. The van der Waals surface area contributed by atoms with Crippen LogP contribution in [0.25, 0.3) is 0 Å². The molecule has 0 unspecified atom stereocenters. The van der Waals surface area contributed by atoms with Crippen molar-refractivity contribution >= 4 is 23.3 Å². The third-order valence-corrected chi connectivity index (χ3v) is 3.72. The van der Waals surface area contributed by atoms with Gasteiger partial charge in [0, 0.05) is 6.54 Å². The molecule has 0 bridgehead atoms. The van der Waals surface area contributed by atoms with Crippen LogP contribution in [-0.2, 0) is 4.74 Å². The van der Waals surface area contributed by atoms with Gasteiger partial charge in [-0.1, -0.05) is 26.0 Å². The standard InChI is InChI=1S/C20H25N3O3/c1-4-26-20(25)16-7-5-6-8-17(16)23-19(24)18-10-9-15(13-22-18)21-12-11-14(2)3/h5-10,13-14,21H,4,11-12H2,1-3H3,(H,23,24). The predicted molar refractivity (Wildman–Crippen MR) is 103 cm³/mol. The lowest BCUT2D eigenvalue weighted by atomic mass is 10.1. The third-order valence-electron chi connectivity index (χ3n) is 3.72. The highest BCUT2D eigenvalue weighted by molar-refractivity contribution is 6.07. The molecule has 1 aromatic carbocycles. The fourth-order valence-corrected chi connectivity index (χ4v) is 2.30. The van der Waals surface area contributed by atoms with Gasteiger partial charge in [0.1, 0.15) is 5.69 Å². The summed E-state index contributed by atoms with van der Waals surface area (Å²) in [4.78, 5) is 28.6. The van der Waals surface area contributed by atoms with Crippen LogP contribution in [0.1, 0.15) is 48.0 Å². The molecule has 1 aromatic heterocycles. The summed E-state index contributed by atoms with van der Waals surface area (Å²) < 4.78 is 5.01. The first-order valence-corrected chi connectivity index (χ1v) is 8.78. The van der Waals surface area contributed by atoms with Crippen molar-refractivity contribution in [3.8, 4) is 0 Å². The number of carbonyl (C=O) groups excluding carboxylic acids is 2. The van der Waals surface area contributed by atoms with E-state index in [1.807, 2.05) is 6.07 Å². The Balaban J connectivity index is 2.03. The average molecular weight is 355 g/mol. The highest BCUT2D eigenvalue weighted by Crippen LogP contribution is 2.17. The molecule has 0 aliphatic heterocycles. The van der Waals surface area contributed by atoms with Gasteiger partial charge < -0.3 is 15.4 Å². The smallest absolute Gasteiger partial charge is 0.340 e. The molecule has 2 rings (SSSR count). The molecule has 26 heavy (non-hydrogen) atoms. The largest absolute Gasteiger partial charge is 0.462 e. The van der Waals surface area contributed by atoms with Crippen molar-refractivity contribution < 1.29 is 14.3 Å². The van der Waals surface area contributed by atoms with Crippen LogP contribution in [0.2, 0.25) is 0 Å². The van der Waals surface area contributed by atoms with Crippen molar-refractivity contribution in [3.05, 3.63) is 53.9 Å². The molecular formula is C20H25N3O3. The maximum absolute atomic E-state index is 12.4. The zero-order valence-electron chi connectivity index (χ0n) is 15.4.